The van der Waals surface area contributed by atoms with Crippen LogP contribution in [0.1, 0.15) is 93.9 Å². The van der Waals surface area contributed by atoms with Gasteiger partial charge in [-0.15, -0.1) is 0 Å². The van der Waals surface area contributed by atoms with Crippen molar-refractivity contribution >= 4 is 28.6 Å². The van der Waals surface area contributed by atoms with Crippen molar-refractivity contribution in [3.05, 3.63) is 53.7 Å². The largest absolute Gasteiger partial charge is 0.391 e. The molecule has 11 nitrogen and oxygen atoms in total. The second-order valence-electron chi connectivity index (χ2n) is 13.6. The van der Waals surface area contributed by atoms with Gasteiger partial charge in [-0.05, 0) is 37.7 Å². The highest BCUT2D eigenvalue weighted by Gasteiger charge is 2.41. The summed E-state index contributed by atoms with van der Waals surface area (Å²) in [6.45, 7) is 6.22. The predicted molar refractivity (Wildman–Crippen MR) is 171 cm³/mol. The number of nitrogens with zero attached hydrogens (tertiary/aromatic N) is 2. The Labute approximate surface area is 264 Å². The minimum Gasteiger partial charge on any atom is -0.391 e. The number of carbonyl (C=O) groups excluding carboxylic acids is 3. The molecule has 2 aromatic heterocycles. The summed E-state index contributed by atoms with van der Waals surface area (Å²) in [5.74, 6) is -0.498. The van der Waals surface area contributed by atoms with Gasteiger partial charge in [0.2, 0.25) is 5.91 Å². The molecule has 1 aromatic carbocycles. The average Bonchev–Trinajstić information content (AvgIpc) is 3.73. The molecule has 45 heavy (non-hydrogen) atoms. The lowest BCUT2D eigenvalue weighted by Crippen LogP contribution is -2.56. The number of H-pyrrole nitrogens is 2. The maximum Gasteiger partial charge on any atom is 0.271 e. The highest BCUT2D eigenvalue weighted by atomic mass is 16.3. The number of benzene rings is 1. The van der Waals surface area contributed by atoms with E-state index in [1.54, 1.807) is 11.1 Å². The molecular formula is C34H48N6O5. The van der Waals surface area contributed by atoms with Crippen LogP contribution < -0.4 is 10.6 Å². The van der Waals surface area contributed by atoms with Gasteiger partial charge in [-0.3, -0.25) is 14.4 Å². The molecule has 1 fully saturated rings. The first-order chi connectivity index (χ1) is 21.5. The fraction of sp³-hybridized carbons (Fsp3) is 0.588. The van der Waals surface area contributed by atoms with Crippen molar-refractivity contribution in [1.29, 1.82) is 0 Å². The van der Waals surface area contributed by atoms with Crippen LogP contribution in [-0.4, -0.2) is 78.1 Å². The topological polar surface area (TPSA) is 163 Å². The van der Waals surface area contributed by atoms with E-state index in [0.29, 0.717) is 36.2 Å². The van der Waals surface area contributed by atoms with E-state index in [4.69, 9.17) is 0 Å². The zero-order valence-electron chi connectivity index (χ0n) is 26.6. The molecule has 3 amide bonds. The van der Waals surface area contributed by atoms with Crippen LogP contribution in [0.2, 0.25) is 0 Å². The van der Waals surface area contributed by atoms with Gasteiger partial charge in [-0.1, -0.05) is 64.2 Å². The third kappa shape index (κ3) is 7.76. The number of aromatic nitrogens is 3. The van der Waals surface area contributed by atoms with E-state index in [0.717, 1.165) is 48.6 Å². The normalized spacial score (nSPS) is 18.9. The zero-order valence-corrected chi connectivity index (χ0v) is 26.6. The monoisotopic (exact) mass is 620 g/mol. The Balaban J connectivity index is 1.35. The molecule has 0 unspecified atom stereocenters. The fourth-order valence-corrected chi connectivity index (χ4v) is 6.81. The van der Waals surface area contributed by atoms with Crippen LogP contribution in [0.5, 0.6) is 0 Å². The standard InChI is InChI=1S/C34H48N6O5/c1-21(2)13-14-36-33(44)34(3,45)17-29(41)27(15-22-9-5-4-6-10-22)39-31(42)28(16-23-18-35-20-37-23)40-19-25-24-11-7-8-12-26(24)38-30(25)32(40)43/h7-8,11-12,18,20-22,27-29,38,41,45H,4-6,9-10,13-17,19H2,1-3H3,(H,35,37)(H,36,44)(H,39,42)/t27-,28-,29-,34-/m0/s1. The first kappa shape index (κ1) is 32.7. The van der Waals surface area contributed by atoms with Crippen molar-refractivity contribution in [2.45, 2.75) is 109 Å². The fourth-order valence-electron chi connectivity index (χ4n) is 6.81. The molecule has 244 valence electrons. The molecule has 0 radical (unpaired) electrons. The number of hydrogen-bond donors (Lipinski definition) is 6. The number of rotatable bonds is 14. The summed E-state index contributed by atoms with van der Waals surface area (Å²) in [5.41, 5.74) is 1.10. The Hall–Kier alpha value is -3.70. The number of hydrogen-bond acceptors (Lipinski definition) is 6. The van der Waals surface area contributed by atoms with Gasteiger partial charge in [0, 0.05) is 54.3 Å². The van der Waals surface area contributed by atoms with E-state index in [2.05, 4.69) is 39.4 Å². The number of fused-ring (bicyclic) bond motifs is 3. The van der Waals surface area contributed by atoms with Crippen molar-refractivity contribution in [3.8, 4) is 0 Å². The summed E-state index contributed by atoms with van der Waals surface area (Å²) in [5, 5.41) is 29.4. The number of carbonyl (C=O) groups is 3. The first-order valence-corrected chi connectivity index (χ1v) is 16.4. The van der Waals surface area contributed by atoms with Crippen molar-refractivity contribution in [2.24, 2.45) is 11.8 Å². The minimum atomic E-state index is -1.82. The Kier molecular flexibility index (Phi) is 10.3. The number of aromatic amines is 2. The van der Waals surface area contributed by atoms with Crippen molar-refractivity contribution in [2.75, 3.05) is 6.54 Å². The molecule has 1 saturated carbocycles. The van der Waals surface area contributed by atoms with E-state index in [9.17, 15) is 24.6 Å². The molecule has 3 heterocycles. The molecule has 1 aliphatic carbocycles. The van der Waals surface area contributed by atoms with E-state index in [-0.39, 0.29) is 25.3 Å². The number of aliphatic hydroxyl groups excluding tert-OH is 1. The van der Waals surface area contributed by atoms with Crippen LogP contribution in [0.25, 0.3) is 10.9 Å². The summed E-state index contributed by atoms with van der Waals surface area (Å²) >= 11 is 0. The molecule has 3 aromatic rings. The van der Waals surface area contributed by atoms with Crippen molar-refractivity contribution in [3.63, 3.8) is 0 Å². The number of nitrogens with one attached hydrogen (secondary N) is 4. The van der Waals surface area contributed by atoms with Gasteiger partial charge >= 0.3 is 0 Å². The van der Waals surface area contributed by atoms with Crippen molar-refractivity contribution in [1.82, 2.24) is 30.5 Å². The molecule has 5 rings (SSSR count). The van der Waals surface area contributed by atoms with Crippen LogP contribution >= 0.6 is 0 Å². The summed E-state index contributed by atoms with van der Waals surface area (Å²) in [4.78, 5) is 52.8. The van der Waals surface area contributed by atoms with Crippen LogP contribution in [0.3, 0.4) is 0 Å². The van der Waals surface area contributed by atoms with Gasteiger partial charge in [0.1, 0.15) is 17.3 Å². The molecule has 6 N–H and O–H groups in total. The predicted octanol–water partition coefficient (Wildman–Crippen LogP) is 3.58. The second kappa shape index (κ2) is 14.2. The number of imidazole rings is 1. The van der Waals surface area contributed by atoms with Gasteiger partial charge in [0.05, 0.1) is 18.5 Å². The highest BCUT2D eigenvalue weighted by molar-refractivity contribution is 6.05. The van der Waals surface area contributed by atoms with Crippen LogP contribution in [0, 0.1) is 11.8 Å². The highest BCUT2D eigenvalue weighted by Crippen LogP contribution is 2.33. The van der Waals surface area contributed by atoms with Gasteiger partial charge in [-0.25, -0.2) is 4.98 Å². The Morgan fingerprint density at radius 2 is 1.93 bits per heavy atom. The third-order valence-corrected chi connectivity index (χ3v) is 9.47. The van der Waals surface area contributed by atoms with Crippen molar-refractivity contribution < 1.29 is 24.6 Å². The minimum absolute atomic E-state index is 0.210. The summed E-state index contributed by atoms with van der Waals surface area (Å²) in [6, 6.07) is 6.14. The lowest BCUT2D eigenvalue weighted by atomic mass is 9.82. The Morgan fingerprint density at radius 3 is 2.64 bits per heavy atom. The molecule has 11 heteroatoms. The molecule has 4 atom stereocenters. The van der Waals surface area contributed by atoms with E-state index >= 15 is 0 Å². The molecule has 2 aliphatic rings. The maximum absolute atomic E-state index is 14.2. The number of para-hydroxylation sites is 1. The first-order valence-electron chi connectivity index (χ1n) is 16.4. The van der Waals surface area contributed by atoms with Crippen LogP contribution in [-0.2, 0) is 22.6 Å². The summed E-state index contributed by atoms with van der Waals surface area (Å²) < 4.78 is 0. The summed E-state index contributed by atoms with van der Waals surface area (Å²) in [6.07, 6.45) is 8.61. The van der Waals surface area contributed by atoms with E-state index < -0.39 is 35.6 Å². The lowest BCUT2D eigenvalue weighted by Gasteiger charge is -2.35. The van der Waals surface area contributed by atoms with E-state index in [1.165, 1.54) is 19.7 Å². The quantitative estimate of drug-likeness (QED) is 0.161. The van der Waals surface area contributed by atoms with Crippen LogP contribution in [0.4, 0.5) is 0 Å². The van der Waals surface area contributed by atoms with Gasteiger partial charge in [0.15, 0.2) is 0 Å². The van der Waals surface area contributed by atoms with Crippen LogP contribution in [0.15, 0.2) is 36.8 Å². The molecular weight excluding hydrogens is 572 g/mol. The SMILES string of the molecule is CC(C)CCNC(=O)[C@@](C)(O)C[C@H](O)[C@H](CC1CCCCC1)NC(=O)[C@H](Cc1cnc[nH]1)N1Cc2c([nH]c3ccccc23)C1=O. The van der Waals surface area contributed by atoms with Gasteiger partial charge < -0.3 is 35.7 Å². The van der Waals surface area contributed by atoms with Gasteiger partial charge in [-0.2, -0.15) is 0 Å². The smallest absolute Gasteiger partial charge is 0.271 e. The average molecular weight is 621 g/mol. The molecule has 1 aliphatic heterocycles. The molecule has 0 bridgehead atoms. The molecule has 0 saturated heterocycles. The Bertz CT molecular complexity index is 1460. The number of amides is 3. The lowest BCUT2D eigenvalue weighted by molar-refractivity contribution is -0.142. The second-order valence-corrected chi connectivity index (χ2v) is 13.6. The van der Waals surface area contributed by atoms with Gasteiger partial charge in [0.25, 0.3) is 11.8 Å². The Morgan fingerprint density at radius 1 is 1.18 bits per heavy atom. The zero-order chi connectivity index (χ0) is 32.1. The summed E-state index contributed by atoms with van der Waals surface area (Å²) in [7, 11) is 0. The maximum atomic E-state index is 14.2. The van der Waals surface area contributed by atoms with E-state index in [1.807, 2.05) is 24.3 Å². The third-order valence-electron chi connectivity index (χ3n) is 9.47. The molecule has 0 spiro atoms. The number of aliphatic hydroxyl groups is 2.